The number of carboxylic acids is 1. The molecule has 228 valence electrons. The standard InChI is InChI=1S/C27H32FN3O3S.C2HF3O2/c1-34-26-13-10-24(18-27(26)35(32,33)30-14-17-31-15-2-3-16-31)23-8-4-21(5-9-23)19-29-20-22-6-11-25(28)12-7-22;3-2(4,5)1(6)7/h4-13,18,29-30H,2-3,14-17,19-20H2,1H3;(H,6,7). The average Bonchev–Trinajstić information content (AvgIpc) is 3.47. The number of alkyl halides is 3. The molecule has 0 radical (unpaired) electrons. The van der Waals surface area contributed by atoms with E-state index in [0.29, 0.717) is 31.9 Å². The third-order valence-corrected chi connectivity index (χ3v) is 7.96. The molecule has 1 aliphatic rings. The molecule has 1 fully saturated rings. The zero-order chi connectivity index (χ0) is 30.8. The number of aliphatic carboxylic acids is 1. The van der Waals surface area contributed by atoms with Crippen molar-refractivity contribution in [3.05, 3.63) is 83.7 Å². The summed E-state index contributed by atoms with van der Waals surface area (Å²) in [5.41, 5.74) is 3.84. The number of hydrogen-bond acceptors (Lipinski definition) is 6. The van der Waals surface area contributed by atoms with Crippen LogP contribution in [0.1, 0.15) is 24.0 Å². The van der Waals surface area contributed by atoms with E-state index in [1.54, 1.807) is 24.3 Å². The van der Waals surface area contributed by atoms with E-state index in [-0.39, 0.29) is 10.7 Å². The topological polar surface area (TPSA) is 108 Å². The third kappa shape index (κ3) is 10.1. The number of carbonyl (C=O) groups is 1. The molecule has 3 aromatic rings. The van der Waals surface area contributed by atoms with E-state index in [9.17, 15) is 26.0 Å². The maximum atomic E-state index is 13.0. The van der Waals surface area contributed by atoms with E-state index in [4.69, 9.17) is 14.6 Å². The molecule has 3 aromatic carbocycles. The smallest absolute Gasteiger partial charge is 0.490 e. The lowest BCUT2D eigenvalue weighted by Gasteiger charge is -2.16. The van der Waals surface area contributed by atoms with Crippen molar-refractivity contribution in [2.45, 2.75) is 37.0 Å². The Labute approximate surface area is 242 Å². The van der Waals surface area contributed by atoms with Crippen molar-refractivity contribution in [3.8, 4) is 16.9 Å². The molecule has 0 bridgehead atoms. The molecule has 3 N–H and O–H groups in total. The van der Waals surface area contributed by atoms with Gasteiger partial charge < -0.3 is 20.1 Å². The number of rotatable bonds is 11. The number of ether oxygens (including phenoxy) is 1. The van der Waals surface area contributed by atoms with Crippen molar-refractivity contribution < 1.29 is 40.6 Å². The molecule has 0 atom stereocenters. The van der Waals surface area contributed by atoms with Crippen LogP contribution in [-0.4, -0.2) is 63.9 Å². The van der Waals surface area contributed by atoms with Crippen LogP contribution in [0.15, 0.2) is 71.6 Å². The highest BCUT2D eigenvalue weighted by Crippen LogP contribution is 2.30. The van der Waals surface area contributed by atoms with Gasteiger partial charge in [0.05, 0.1) is 7.11 Å². The maximum absolute atomic E-state index is 13.0. The van der Waals surface area contributed by atoms with Crippen LogP contribution < -0.4 is 14.8 Å². The van der Waals surface area contributed by atoms with Crippen LogP contribution in [0.25, 0.3) is 11.1 Å². The lowest BCUT2D eigenvalue weighted by Crippen LogP contribution is -2.33. The predicted molar refractivity (Wildman–Crippen MR) is 150 cm³/mol. The van der Waals surface area contributed by atoms with Crippen molar-refractivity contribution >= 4 is 16.0 Å². The number of benzene rings is 3. The van der Waals surface area contributed by atoms with Crippen molar-refractivity contribution in [3.63, 3.8) is 0 Å². The molecular formula is C29H33F4N3O5S. The summed E-state index contributed by atoms with van der Waals surface area (Å²) >= 11 is 0. The third-order valence-electron chi connectivity index (χ3n) is 6.47. The number of halogens is 4. The summed E-state index contributed by atoms with van der Waals surface area (Å²) in [6.07, 6.45) is -2.74. The fourth-order valence-corrected chi connectivity index (χ4v) is 5.47. The zero-order valence-corrected chi connectivity index (χ0v) is 23.8. The molecule has 0 saturated carbocycles. The van der Waals surface area contributed by atoms with Gasteiger partial charge in [-0.2, -0.15) is 13.2 Å². The number of methoxy groups -OCH3 is 1. The first-order chi connectivity index (χ1) is 19.9. The van der Waals surface area contributed by atoms with Crippen LogP contribution in [0.4, 0.5) is 17.6 Å². The maximum Gasteiger partial charge on any atom is 0.490 e. The first-order valence-corrected chi connectivity index (χ1v) is 14.6. The van der Waals surface area contributed by atoms with Crippen LogP contribution in [0, 0.1) is 5.82 Å². The van der Waals surface area contributed by atoms with Gasteiger partial charge in [0.25, 0.3) is 0 Å². The minimum Gasteiger partial charge on any atom is -0.495 e. The van der Waals surface area contributed by atoms with E-state index >= 15 is 0 Å². The molecule has 0 aromatic heterocycles. The van der Waals surface area contributed by atoms with Gasteiger partial charge in [0.2, 0.25) is 10.0 Å². The van der Waals surface area contributed by atoms with Crippen molar-refractivity contribution in [1.29, 1.82) is 0 Å². The van der Waals surface area contributed by atoms with Gasteiger partial charge in [-0.1, -0.05) is 42.5 Å². The van der Waals surface area contributed by atoms with E-state index in [2.05, 4.69) is 14.9 Å². The summed E-state index contributed by atoms with van der Waals surface area (Å²) < 4.78 is 78.9. The molecular weight excluding hydrogens is 578 g/mol. The summed E-state index contributed by atoms with van der Waals surface area (Å²) in [7, 11) is -2.23. The van der Waals surface area contributed by atoms with Gasteiger partial charge in [-0.15, -0.1) is 0 Å². The van der Waals surface area contributed by atoms with Gasteiger partial charge in [-0.25, -0.2) is 22.3 Å². The molecule has 13 heteroatoms. The Bertz CT molecular complexity index is 1410. The molecule has 1 heterocycles. The normalized spacial score (nSPS) is 13.8. The lowest BCUT2D eigenvalue weighted by molar-refractivity contribution is -0.192. The van der Waals surface area contributed by atoms with Crippen molar-refractivity contribution in [2.24, 2.45) is 0 Å². The van der Waals surface area contributed by atoms with Gasteiger partial charge in [0, 0.05) is 26.2 Å². The van der Waals surface area contributed by atoms with E-state index in [0.717, 1.165) is 35.3 Å². The monoisotopic (exact) mass is 611 g/mol. The molecule has 8 nitrogen and oxygen atoms in total. The van der Waals surface area contributed by atoms with Gasteiger partial charge in [0.1, 0.15) is 16.5 Å². The van der Waals surface area contributed by atoms with Gasteiger partial charge in [-0.3, -0.25) is 0 Å². The minimum absolute atomic E-state index is 0.143. The summed E-state index contributed by atoms with van der Waals surface area (Å²) in [5.74, 6) is -2.67. The van der Waals surface area contributed by atoms with Gasteiger partial charge >= 0.3 is 12.1 Å². The molecule has 0 amide bonds. The first-order valence-electron chi connectivity index (χ1n) is 13.1. The van der Waals surface area contributed by atoms with Crippen LogP contribution in [-0.2, 0) is 27.9 Å². The second kappa shape index (κ2) is 15.1. The second-order valence-electron chi connectivity index (χ2n) is 9.54. The predicted octanol–water partition coefficient (Wildman–Crippen LogP) is 4.80. The number of carboxylic acid groups (broad SMARTS) is 1. The number of hydrogen-bond donors (Lipinski definition) is 3. The van der Waals surface area contributed by atoms with E-state index in [1.807, 2.05) is 30.3 Å². The van der Waals surface area contributed by atoms with Crippen molar-refractivity contribution in [2.75, 3.05) is 33.3 Å². The Morgan fingerprint density at radius 3 is 1.98 bits per heavy atom. The summed E-state index contributed by atoms with van der Waals surface area (Å²) in [6, 6.07) is 19.7. The van der Waals surface area contributed by atoms with Crippen molar-refractivity contribution in [1.82, 2.24) is 14.9 Å². The number of nitrogens with one attached hydrogen (secondary N) is 2. The number of likely N-dealkylation sites (tertiary alicyclic amines) is 1. The Balaban J connectivity index is 0.000000616. The lowest BCUT2D eigenvalue weighted by atomic mass is 10.0. The summed E-state index contributed by atoms with van der Waals surface area (Å²) in [4.78, 5) is 11.3. The molecule has 0 unspecified atom stereocenters. The molecule has 4 rings (SSSR count). The fraction of sp³-hybridized carbons (Fsp3) is 0.345. The van der Waals surface area contributed by atoms with E-state index < -0.39 is 22.2 Å². The SMILES string of the molecule is COc1ccc(-c2ccc(CNCc3ccc(F)cc3)cc2)cc1S(=O)(=O)NCCN1CCCC1.O=C(O)C(F)(F)F. The largest absolute Gasteiger partial charge is 0.495 e. The van der Waals surface area contributed by atoms with Gasteiger partial charge in [0.15, 0.2) is 0 Å². The second-order valence-corrected chi connectivity index (χ2v) is 11.3. The quantitative estimate of drug-likeness (QED) is 0.268. The highest BCUT2D eigenvalue weighted by molar-refractivity contribution is 7.89. The Morgan fingerprint density at radius 1 is 0.929 bits per heavy atom. The summed E-state index contributed by atoms with van der Waals surface area (Å²) in [5, 5.41) is 10.5. The fourth-order valence-electron chi connectivity index (χ4n) is 4.26. The van der Waals surface area contributed by atoms with Crippen LogP contribution in [0.3, 0.4) is 0 Å². The molecule has 42 heavy (non-hydrogen) atoms. The Morgan fingerprint density at radius 2 is 1.45 bits per heavy atom. The van der Waals surface area contributed by atoms with Crippen LogP contribution in [0.5, 0.6) is 5.75 Å². The van der Waals surface area contributed by atoms with Gasteiger partial charge in [-0.05, 0) is 72.5 Å². The number of nitrogens with zero attached hydrogens (tertiary/aromatic N) is 1. The average molecular weight is 612 g/mol. The molecule has 0 aliphatic carbocycles. The highest BCUT2D eigenvalue weighted by Gasteiger charge is 2.38. The molecule has 1 aliphatic heterocycles. The molecule has 1 saturated heterocycles. The van der Waals surface area contributed by atoms with E-state index in [1.165, 1.54) is 32.1 Å². The van der Waals surface area contributed by atoms with Crippen LogP contribution in [0.2, 0.25) is 0 Å². The van der Waals surface area contributed by atoms with Crippen LogP contribution >= 0.6 is 0 Å². The minimum atomic E-state index is -5.08. The molecule has 0 spiro atoms. The number of sulfonamides is 1. The Kier molecular flexibility index (Phi) is 11.9. The zero-order valence-electron chi connectivity index (χ0n) is 23.0. The highest BCUT2D eigenvalue weighted by atomic mass is 32.2. The first kappa shape index (κ1) is 33.0. The Hall–Kier alpha value is -3.52. The summed E-state index contributed by atoms with van der Waals surface area (Å²) in [6.45, 7) is 4.44.